The lowest BCUT2D eigenvalue weighted by atomic mass is 10.2. The monoisotopic (exact) mass is 345 g/mol. The average molecular weight is 345 g/mol. The van der Waals surface area contributed by atoms with Gasteiger partial charge in [0, 0.05) is 6.20 Å². The zero-order valence-corrected chi connectivity index (χ0v) is 13.8. The first-order valence-electron chi connectivity index (χ1n) is 8.10. The molecule has 5 heteroatoms. The van der Waals surface area contributed by atoms with E-state index in [1.807, 2.05) is 30.3 Å². The summed E-state index contributed by atoms with van der Waals surface area (Å²) >= 11 is 0. The molecule has 0 radical (unpaired) electrons. The predicted molar refractivity (Wildman–Crippen MR) is 97.6 cm³/mol. The van der Waals surface area contributed by atoms with Crippen molar-refractivity contribution in [2.75, 3.05) is 0 Å². The number of benzene rings is 2. The zero-order chi connectivity index (χ0) is 17.8. The second-order valence-electron chi connectivity index (χ2n) is 5.65. The Balaban J connectivity index is 1.62. The molecule has 0 fully saturated rings. The summed E-state index contributed by atoms with van der Waals surface area (Å²) < 4.78 is 16.9. The average Bonchev–Trinajstić information content (AvgIpc) is 2.70. The summed E-state index contributed by atoms with van der Waals surface area (Å²) in [6, 6.07) is 18.4. The number of ether oxygens (including phenoxy) is 2. The second kappa shape index (κ2) is 7.11. The molecule has 4 rings (SSSR count). The van der Waals surface area contributed by atoms with Gasteiger partial charge in [-0.3, -0.25) is 9.78 Å². The maximum absolute atomic E-state index is 12.7. The van der Waals surface area contributed by atoms with Crippen molar-refractivity contribution in [2.45, 2.75) is 6.61 Å². The van der Waals surface area contributed by atoms with Crippen molar-refractivity contribution >= 4 is 11.0 Å². The molecule has 5 nitrogen and oxygen atoms in total. The van der Waals surface area contributed by atoms with Crippen LogP contribution in [0, 0.1) is 0 Å². The molecule has 0 saturated heterocycles. The van der Waals surface area contributed by atoms with E-state index in [0.717, 1.165) is 5.56 Å². The molecule has 26 heavy (non-hydrogen) atoms. The minimum absolute atomic E-state index is 0.103. The summed E-state index contributed by atoms with van der Waals surface area (Å²) in [7, 11) is 0. The van der Waals surface area contributed by atoms with Crippen LogP contribution in [0.5, 0.6) is 17.2 Å². The van der Waals surface area contributed by atoms with Gasteiger partial charge in [0.1, 0.15) is 30.0 Å². The molecule has 128 valence electrons. The van der Waals surface area contributed by atoms with Crippen LogP contribution in [0.2, 0.25) is 0 Å². The summed E-state index contributed by atoms with van der Waals surface area (Å²) in [5.41, 5.74) is 1.26. The first-order valence-corrected chi connectivity index (χ1v) is 8.10. The van der Waals surface area contributed by atoms with Crippen molar-refractivity contribution < 1.29 is 13.9 Å². The Labute approximate surface area is 149 Å². The number of nitrogens with zero attached hydrogens (tertiary/aromatic N) is 1. The first kappa shape index (κ1) is 15.9. The van der Waals surface area contributed by atoms with E-state index in [4.69, 9.17) is 13.9 Å². The van der Waals surface area contributed by atoms with Gasteiger partial charge < -0.3 is 13.9 Å². The van der Waals surface area contributed by atoms with Crippen LogP contribution in [0.3, 0.4) is 0 Å². The number of aromatic nitrogens is 1. The van der Waals surface area contributed by atoms with Crippen molar-refractivity contribution in [3.63, 3.8) is 0 Å². The van der Waals surface area contributed by atoms with Gasteiger partial charge in [0.2, 0.25) is 11.2 Å². The Kier molecular flexibility index (Phi) is 4.35. The van der Waals surface area contributed by atoms with Crippen LogP contribution >= 0.6 is 0 Å². The van der Waals surface area contributed by atoms with Crippen LogP contribution < -0.4 is 14.9 Å². The molecule has 0 N–H and O–H groups in total. The highest BCUT2D eigenvalue weighted by molar-refractivity contribution is 5.79. The Hall–Kier alpha value is -3.60. The summed E-state index contributed by atoms with van der Waals surface area (Å²) in [5.74, 6) is 1.16. The summed E-state index contributed by atoms with van der Waals surface area (Å²) in [5, 5.41) is 0.400. The maximum Gasteiger partial charge on any atom is 0.235 e. The lowest BCUT2D eigenvalue weighted by molar-refractivity contribution is 0.306. The van der Waals surface area contributed by atoms with E-state index in [-0.39, 0.29) is 11.2 Å². The van der Waals surface area contributed by atoms with E-state index in [1.54, 1.807) is 36.5 Å². The van der Waals surface area contributed by atoms with Crippen LogP contribution in [0.15, 0.2) is 88.5 Å². The van der Waals surface area contributed by atoms with Crippen molar-refractivity contribution in [3.8, 4) is 17.2 Å². The van der Waals surface area contributed by atoms with E-state index in [2.05, 4.69) is 4.98 Å². The fourth-order valence-corrected chi connectivity index (χ4v) is 2.53. The second-order valence-corrected chi connectivity index (χ2v) is 5.65. The summed E-state index contributed by atoms with van der Waals surface area (Å²) in [6.07, 6.45) is 4.47. The predicted octanol–water partition coefficient (Wildman–Crippen LogP) is 4.56. The Bertz CT molecular complexity index is 1080. The lowest BCUT2D eigenvalue weighted by Crippen LogP contribution is -2.05. The number of hydrogen-bond acceptors (Lipinski definition) is 5. The van der Waals surface area contributed by atoms with Gasteiger partial charge >= 0.3 is 0 Å². The third-order valence-electron chi connectivity index (χ3n) is 3.82. The molecular weight excluding hydrogens is 330 g/mol. The highest BCUT2D eigenvalue weighted by atomic mass is 16.5. The van der Waals surface area contributed by atoms with Crippen LogP contribution in [0.4, 0.5) is 0 Å². The fraction of sp³-hybridized carbons (Fsp3) is 0.0476. The van der Waals surface area contributed by atoms with Gasteiger partial charge in [-0.2, -0.15) is 0 Å². The Morgan fingerprint density at radius 1 is 0.962 bits per heavy atom. The molecule has 0 aliphatic carbocycles. The van der Waals surface area contributed by atoms with Crippen molar-refractivity contribution in [1.29, 1.82) is 0 Å². The van der Waals surface area contributed by atoms with Crippen LogP contribution in [0.25, 0.3) is 11.0 Å². The summed E-state index contributed by atoms with van der Waals surface area (Å²) in [4.78, 5) is 16.7. The SMILES string of the molecule is O=c1c(Oc2cccnc2)coc2ccc(OCc3ccccc3)cc12. The van der Waals surface area contributed by atoms with Gasteiger partial charge in [-0.05, 0) is 35.9 Å². The highest BCUT2D eigenvalue weighted by Gasteiger charge is 2.10. The molecule has 0 aliphatic heterocycles. The first-order chi connectivity index (χ1) is 12.8. The molecule has 2 aromatic heterocycles. The molecule has 0 unspecified atom stereocenters. The van der Waals surface area contributed by atoms with Crippen molar-refractivity contribution in [3.05, 3.63) is 95.1 Å². The lowest BCUT2D eigenvalue weighted by Gasteiger charge is -2.08. The third-order valence-corrected chi connectivity index (χ3v) is 3.82. The molecule has 2 heterocycles. The van der Waals surface area contributed by atoms with E-state index in [1.165, 1.54) is 12.5 Å². The van der Waals surface area contributed by atoms with E-state index in [9.17, 15) is 4.79 Å². The van der Waals surface area contributed by atoms with Gasteiger partial charge in [-0.15, -0.1) is 0 Å². The smallest absolute Gasteiger partial charge is 0.235 e. The third kappa shape index (κ3) is 3.42. The van der Waals surface area contributed by atoms with E-state index >= 15 is 0 Å². The molecule has 0 aliphatic rings. The van der Waals surface area contributed by atoms with Gasteiger partial charge in [0.25, 0.3) is 0 Å². The van der Waals surface area contributed by atoms with Crippen LogP contribution in [0.1, 0.15) is 5.56 Å². The minimum atomic E-state index is -0.264. The van der Waals surface area contributed by atoms with Gasteiger partial charge in [-0.1, -0.05) is 30.3 Å². The number of hydrogen-bond donors (Lipinski definition) is 0. The molecule has 2 aromatic carbocycles. The molecule has 0 atom stereocenters. The maximum atomic E-state index is 12.7. The minimum Gasteiger partial charge on any atom is -0.489 e. The van der Waals surface area contributed by atoms with Gasteiger partial charge in [0.05, 0.1) is 11.6 Å². The molecule has 0 saturated carbocycles. The number of fused-ring (bicyclic) bond motifs is 1. The molecule has 0 amide bonds. The highest BCUT2D eigenvalue weighted by Crippen LogP contribution is 2.24. The van der Waals surface area contributed by atoms with Gasteiger partial charge in [0.15, 0.2) is 0 Å². The largest absolute Gasteiger partial charge is 0.489 e. The topological polar surface area (TPSA) is 61.6 Å². The summed E-state index contributed by atoms with van der Waals surface area (Å²) in [6.45, 7) is 0.420. The number of pyridine rings is 1. The molecule has 4 aromatic rings. The Morgan fingerprint density at radius 3 is 2.65 bits per heavy atom. The van der Waals surface area contributed by atoms with Gasteiger partial charge in [-0.25, -0.2) is 0 Å². The van der Waals surface area contributed by atoms with Crippen molar-refractivity contribution in [1.82, 2.24) is 4.98 Å². The van der Waals surface area contributed by atoms with E-state index in [0.29, 0.717) is 29.1 Å². The molecule has 0 bridgehead atoms. The zero-order valence-electron chi connectivity index (χ0n) is 13.8. The standard InChI is InChI=1S/C21H15NO4/c23-21-18-11-16(24-13-15-5-2-1-3-6-15)8-9-19(18)25-14-20(21)26-17-7-4-10-22-12-17/h1-12,14H,13H2. The number of rotatable bonds is 5. The van der Waals surface area contributed by atoms with Crippen molar-refractivity contribution in [2.24, 2.45) is 0 Å². The molecular formula is C21H15NO4. The van der Waals surface area contributed by atoms with E-state index < -0.39 is 0 Å². The van der Waals surface area contributed by atoms with Crippen LogP contribution in [-0.2, 0) is 6.61 Å². The quantitative estimate of drug-likeness (QED) is 0.531. The fourth-order valence-electron chi connectivity index (χ4n) is 2.53. The Morgan fingerprint density at radius 2 is 1.85 bits per heavy atom. The van der Waals surface area contributed by atoms with Crippen LogP contribution in [-0.4, -0.2) is 4.98 Å². The normalized spacial score (nSPS) is 10.6. The molecule has 0 spiro atoms.